The summed E-state index contributed by atoms with van der Waals surface area (Å²) in [6, 6.07) is 0. The summed E-state index contributed by atoms with van der Waals surface area (Å²) < 4.78 is 15.7. The van der Waals surface area contributed by atoms with Gasteiger partial charge in [0.05, 0.1) is 0 Å². The first-order valence-electron chi connectivity index (χ1n) is 6.88. The lowest BCUT2D eigenvalue weighted by molar-refractivity contribution is -0.158. The fourth-order valence-corrected chi connectivity index (χ4v) is 2.51. The standard InChI is InChI=1S/C14H22O6.2CH4/c1-9(15)18-12-5-4-6-13(19-10(2)16)8-14(7-12)20-11(3)17;;/h12-14H,4-8H2,1-3H3;2*1H4. The highest BCUT2D eigenvalue weighted by molar-refractivity contribution is 5.67. The molecule has 0 spiro atoms. The minimum atomic E-state index is -0.401. The van der Waals surface area contributed by atoms with Crippen molar-refractivity contribution in [3.8, 4) is 0 Å². The molecule has 0 N–H and O–H groups in total. The molecule has 0 amide bonds. The molecule has 0 heterocycles. The van der Waals surface area contributed by atoms with E-state index in [1.807, 2.05) is 0 Å². The Morgan fingerprint density at radius 2 is 1.00 bits per heavy atom. The van der Waals surface area contributed by atoms with E-state index in [0.717, 1.165) is 6.42 Å². The van der Waals surface area contributed by atoms with Gasteiger partial charge in [-0.2, -0.15) is 0 Å². The van der Waals surface area contributed by atoms with Crippen molar-refractivity contribution in [2.45, 2.75) is 86.0 Å². The van der Waals surface area contributed by atoms with Crippen LogP contribution in [-0.2, 0) is 28.6 Å². The monoisotopic (exact) mass is 318 g/mol. The van der Waals surface area contributed by atoms with Crippen LogP contribution in [0, 0.1) is 0 Å². The first-order valence-corrected chi connectivity index (χ1v) is 6.88. The van der Waals surface area contributed by atoms with Gasteiger partial charge < -0.3 is 14.2 Å². The van der Waals surface area contributed by atoms with Crippen LogP contribution in [0.2, 0.25) is 0 Å². The summed E-state index contributed by atoms with van der Waals surface area (Å²) in [6.07, 6.45) is 2.12. The molecule has 0 aromatic rings. The van der Waals surface area contributed by atoms with Crippen molar-refractivity contribution in [3.63, 3.8) is 0 Å². The van der Waals surface area contributed by atoms with E-state index >= 15 is 0 Å². The first-order chi connectivity index (χ1) is 9.36. The number of hydrogen-bond donors (Lipinski definition) is 0. The SMILES string of the molecule is C.C.CC(=O)OC1CCCC(OC(C)=O)CC(OC(C)=O)C1. The summed E-state index contributed by atoms with van der Waals surface area (Å²) in [6.45, 7) is 4.06. The van der Waals surface area contributed by atoms with Crippen LogP contribution in [0.4, 0.5) is 0 Å². The normalized spacial score (nSPS) is 24.4. The number of carbonyl (C=O) groups excluding carboxylic acids is 3. The topological polar surface area (TPSA) is 78.9 Å². The van der Waals surface area contributed by atoms with E-state index in [-0.39, 0.29) is 39.0 Å². The Labute approximate surface area is 133 Å². The quantitative estimate of drug-likeness (QED) is 0.588. The lowest BCUT2D eigenvalue weighted by Gasteiger charge is -2.29. The Morgan fingerprint density at radius 1 is 0.682 bits per heavy atom. The molecule has 2 unspecified atom stereocenters. The molecule has 0 radical (unpaired) electrons. The van der Waals surface area contributed by atoms with E-state index in [2.05, 4.69) is 0 Å². The smallest absolute Gasteiger partial charge is 0.302 e. The van der Waals surface area contributed by atoms with Crippen LogP contribution in [-0.4, -0.2) is 36.2 Å². The Kier molecular flexibility index (Phi) is 11.4. The van der Waals surface area contributed by atoms with Crippen molar-refractivity contribution < 1.29 is 28.6 Å². The summed E-state index contributed by atoms with van der Waals surface area (Å²) in [7, 11) is 0. The summed E-state index contributed by atoms with van der Waals surface area (Å²) >= 11 is 0. The van der Waals surface area contributed by atoms with Gasteiger partial charge >= 0.3 is 17.9 Å². The molecule has 22 heavy (non-hydrogen) atoms. The van der Waals surface area contributed by atoms with E-state index in [1.54, 1.807) is 0 Å². The van der Waals surface area contributed by atoms with Gasteiger partial charge in [0.15, 0.2) is 0 Å². The number of hydrogen-bond acceptors (Lipinski definition) is 6. The fourth-order valence-electron chi connectivity index (χ4n) is 2.51. The summed E-state index contributed by atoms with van der Waals surface area (Å²) in [5, 5.41) is 0. The molecule has 2 atom stereocenters. The minimum absolute atomic E-state index is 0. The maximum atomic E-state index is 11.1. The number of carbonyl (C=O) groups is 3. The highest BCUT2D eigenvalue weighted by Crippen LogP contribution is 2.24. The van der Waals surface area contributed by atoms with Gasteiger partial charge in [-0.15, -0.1) is 0 Å². The highest BCUT2D eigenvalue weighted by Gasteiger charge is 2.28. The lowest BCUT2D eigenvalue weighted by Crippen LogP contribution is -2.33. The summed E-state index contributed by atoms with van der Waals surface area (Å²) in [5.74, 6) is -1.07. The third kappa shape index (κ3) is 9.37. The van der Waals surface area contributed by atoms with Crippen molar-refractivity contribution in [1.82, 2.24) is 0 Å². The molecule has 1 rings (SSSR count). The summed E-state index contributed by atoms with van der Waals surface area (Å²) in [4.78, 5) is 33.2. The number of ether oxygens (including phenoxy) is 3. The fraction of sp³-hybridized carbons (Fsp3) is 0.812. The molecule has 6 heteroatoms. The zero-order valence-electron chi connectivity index (χ0n) is 12.2. The highest BCUT2D eigenvalue weighted by atomic mass is 16.6. The van der Waals surface area contributed by atoms with Gasteiger partial charge in [-0.1, -0.05) is 14.9 Å². The zero-order valence-corrected chi connectivity index (χ0v) is 12.2. The third-order valence-corrected chi connectivity index (χ3v) is 3.10. The molecule has 0 aromatic carbocycles. The lowest BCUT2D eigenvalue weighted by atomic mass is 9.94. The zero-order chi connectivity index (χ0) is 15.1. The molecule has 0 saturated heterocycles. The van der Waals surface area contributed by atoms with Crippen LogP contribution >= 0.6 is 0 Å². The predicted molar refractivity (Wildman–Crippen MR) is 83.2 cm³/mol. The van der Waals surface area contributed by atoms with Gasteiger partial charge in [-0.25, -0.2) is 0 Å². The van der Waals surface area contributed by atoms with Gasteiger partial charge in [0.1, 0.15) is 18.3 Å². The molecule has 130 valence electrons. The molecule has 1 fully saturated rings. The van der Waals surface area contributed by atoms with Gasteiger partial charge in [-0.3, -0.25) is 14.4 Å². The Hall–Kier alpha value is -1.59. The molecule has 0 bridgehead atoms. The van der Waals surface area contributed by atoms with E-state index < -0.39 is 12.1 Å². The second kappa shape index (κ2) is 11.0. The number of esters is 3. The van der Waals surface area contributed by atoms with Gasteiger partial charge in [0.25, 0.3) is 0 Å². The van der Waals surface area contributed by atoms with Crippen molar-refractivity contribution in [2.75, 3.05) is 0 Å². The van der Waals surface area contributed by atoms with Crippen molar-refractivity contribution in [3.05, 3.63) is 0 Å². The minimum Gasteiger partial charge on any atom is -0.462 e. The van der Waals surface area contributed by atoms with Crippen LogP contribution in [0.3, 0.4) is 0 Å². The van der Waals surface area contributed by atoms with Crippen molar-refractivity contribution >= 4 is 17.9 Å². The molecular formula is C16H30O6. The molecule has 6 nitrogen and oxygen atoms in total. The largest absolute Gasteiger partial charge is 0.462 e. The van der Waals surface area contributed by atoms with Crippen LogP contribution in [0.5, 0.6) is 0 Å². The molecule has 1 saturated carbocycles. The average Bonchev–Trinajstić information content (AvgIpc) is 2.23. The van der Waals surface area contributed by atoms with Crippen LogP contribution in [0.25, 0.3) is 0 Å². The van der Waals surface area contributed by atoms with Crippen LogP contribution < -0.4 is 0 Å². The number of rotatable bonds is 3. The second-order valence-corrected chi connectivity index (χ2v) is 5.10. The van der Waals surface area contributed by atoms with Crippen LogP contribution in [0.15, 0.2) is 0 Å². The van der Waals surface area contributed by atoms with E-state index in [4.69, 9.17) is 14.2 Å². The van der Waals surface area contributed by atoms with Crippen molar-refractivity contribution in [2.24, 2.45) is 0 Å². The molecule has 0 aromatic heterocycles. The van der Waals surface area contributed by atoms with Crippen molar-refractivity contribution in [1.29, 1.82) is 0 Å². The Bertz CT molecular complexity index is 340. The molecule has 1 aliphatic carbocycles. The Balaban J connectivity index is 0. The predicted octanol–water partition coefficient (Wildman–Crippen LogP) is 3.02. The third-order valence-electron chi connectivity index (χ3n) is 3.10. The van der Waals surface area contributed by atoms with Gasteiger partial charge in [0, 0.05) is 33.6 Å². The summed E-state index contributed by atoms with van der Waals surface area (Å²) in [5.41, 5.74) is 0. The molecule has 0 aliphatic heterocycles. The maximum absolute atomic E-state index is 11.1. The van der Waals surface area contributed by atoms with Crippen LogP contribution in [0.1, 0.15) is 67.7 Å². The Morgan fingerprint density at radius 3 is 1.32 bits per heavy atom. The first kappa shape index (κ1) is 22.7. The van der Waals surface area contributed by atoms with E-state index in [9.17, 15) is 14.4 Å². The average molecular weight is 318 g/mol. The van der Waals surface area contributed by atoms with Gasteiger partial charge in [-0.05, 0) is 19.3 Å². The van der Waals surface area contributed by atoms with Gasteiger partial charge in [0.2, 0.25) is 0 Å². The second-order valence-electron chi connectivity index (χ2n) is 5.10. The maximum Gasteiger partial charge on any atom is 0.302 e. The molecular weight excluding hydrogens is 288 g/mol. The van der Waals surface area contributed by atoms with E-state index in [1.165, 1.54) is 20.8 Å². The van der Waals surface area contributed by atoms with E-state index in [0.29, 0.717) is 25.7 Å². The molecule has 1 aliphatic rings.